The van der Waals surface area contributed by atoms with Gasteiger partial charge in [-0.1, -0.05) is 42.5 Å². The van der Waals surface area contributed by atoms with Gasteiger partial charge in [-0.15, -0.1) is 0 Å². The molecular formula is C42H32O9. The number of ether oxygens (including phenoxy) is 2. The highest BCUT2D eigenvalue weighted by Gasteiger charge is 2.45. The zero-order valence-electron chi connectivity index (χ0n) is 26.9. The van der Waals surface area contributed by atoms with Crippen molar-refractivity contribution in [3.05, 3.63) is 160 Å². The summed E-state index contributed by atoms with van der Waals surface area (Å²) in [5, 5.41) is 72.5. The van der Waals surface area contributed by atoms with Crippen LogP contribution in [0.1, 0.15) is 68.6 Å². The summed E-state index contributed by atoms with van der Waals surface area (Å²) in [6.45, 7) is 0. The zero-order chi connectivity index (χ0) is 35.4. The lowest BCUT2D eigenvalue weighted by Gasteiger charge is -2.26. The summed E-state index contributed by atoms with van der Waals surface area (Å²) in [5.41, 5.74) is 5.70. The second-order valence-corrected chi connectivity index (χ2v) is 12.9. The first-order valence-corrected chi connectivity index (χ1v) is 16.3. The standard InChI is InChI=1S/C42H32O9/c43-27-8-4-24(5-9-27)41-38(26-16-31(47)19-32(48)17-26)40-35(20-33(49)21-37(40)51-41)39-34-15-22(1-2-23-13-29(45)18-30(46)14-23)3-12-36(34)50-42(39)25-6-10-28(44)11-7-25/h1-21,38-39,41-49H/b2-1-/t38-,39-,41+,42-/m0/s1. The van der Waals surface area contributed by atoms with Gasteiger partial charge in [0, 0.05) is 29.3 Å². The van der Waals surface area contributed by atoms with E-state index in [2.05, 4.69) is 0 Å². The lowest BCUT2D eigenvalue weighted by atomic mass is 9.76. The van der Waals surface area contributed by atoms with Crippen molar-refractivity contribution in [2.75, 3.05) is 0 Å². The lowest BCUT2D eigenvalue weighted by molar-refractivity contribution is 0.220. The van der Waals surface area contributed by atoms with E-state index >= 15 is 0 Å². The van der Waals surface area contributed by atoms with E-state index < -0.39 is 24.0 Å². The molecule has 2 heterocycles. The van der Waals surface area contributed by atoms with Crippen molar-refractivity contribution in [2.45, 2.75) is 24.0 Å². The highest BCUT2D eigenvalue weighted by molar-refractivity contribution is 5.73. The fraction of sp³-hybridized carbons (Fsp3) is 0.0952. The van der Waals surface area contributed by atoms with Crippen LogP contribution in [0.4, 0.5) is 0 Å². The molecule has 2 aliphatic rings. The van der Waals surface area contributed by atoms with Crippen molar-refractivity contribution in [3.8, 4) is 51.7 Å². The van der Waals surface area contributed by atoms with Crippen LogP contribution in [-0.4, -0.2) is 35.7 Å². The summed E-state index contributed by atoms with van der Waals surface area (Å²) in [6.07, 6.45) is 2.37. The topological polar surface area (TPSA) is 160 Å². The highest BCUT2D eigenvalue weighted by Crippen LogP contribution is 2.59. The average Bonchev–Trinajstić information content (AvgIpc) is 3.66. The van der Waals surface area contributed by atoms with E-state index in [0.29, 0.717) is 28.2 Å². The predicted molar refractivity (Wildman–Crippen MR) is 190 cm³/mol. The van der Waals surface area contributed by atoms with Gasteiger partial charge in [0.15, 0.2) is 0 Å². The Hall–Kier alpha value is -6.74. The first kappa shape index (κ1) is 31.5. The summed E-state index contributed by atoms with van der Waals surface area (Å²) in [7, 11) is 0. The minimum absolute atomic E-state index is 0.0368. The molecule has 0 saturated heterocycles. The Kier molecular flexibility index (Phi) is 7.60. The molecule has 8 rings (SSSR count). The molecule has 0 aliphatic carbocycles. The summed E-state index contributed by atoms with van der Waals surface area (Å²) in [5.74, 6) is -0.301. The van der Waals surface area contributed by atoms with Gasteiger partial charge in [0.2, 0.25) is 0 Å². The van der Waals surface area contributed by atoms with E-state index in [0.717, 1.165) is 27.8 Å². The lowest BCUT2D eigenvalue weighted by Crippen LogP contribution is -2.16. The van der Waals surface area contributed by atoms with Gasteiger partial charge in [-0.2, -0.15) is 0 Å². The van der Waals surface area contributed by atoms with Crippen LogP contribution in [0.3, 0.4) is 0 Å². The Morgan fingerprint density at radius 3 is 1.49 bits per heavy atom. The fourth-order valence-electron chi connectivity index (χ4n) is 7.29. The molecule has 0 amide bonds. The van der Waals surface area contributed by atoms with Crippen LogP contribution in [0, 0.1) is 0 Å². The smallest absolute Gasteiger partial charge is 0.135 e. The van der Waals surface area contributed by atoms with Crippen molar-refractivity contribution in [1.82, 2.24) is 0 Å². The van der Waals surface area contributed by atoms with Gasteiger partial charge in [-0.05, 0) is 100 Å². The van der Waals surface area contributed by atoms with Crippen molar-refractivity contribution in [1.29, 1.82) is 0 Å². The Labute approximate surface area is 292 Å². The molecule has 0 bridgehead atoms. The zero-order valence-corrected chi connectivity index (χ0v) is 26.9. The van der Waals surface area contributed by atoms with Crippen molar-refractivity contribution >= 4 is 12.2 Å². The molecule has 9 heteroatoms. The molecule has 9 nitrogen and oxygen atoms in total. The Morgan fingerprint density at radius 2 is 0.882 bits per heavy atom. The van der Waals surface area contributed by atoms with Crippen LogP contribution in [0.15, 0.2) is 115 Å². The molecule has 0 saturated carbocycles. The molecule has 254 valence electrons. The van der Waals surface area contributed by atoms with Gasteiger partial charge in [0.05, 0.1) is 11.8 Å². The third-order valence-corrected chi connectivity index (χ3v) is 9.41. The van der Waals surface area contributed by atoms with E-state index in [9.17, 15) is 35.7 Å². The van der Waals surface area contributed by atoms with E-state index in [4.69, 9.17) is 9.47 Å². The third kappa shape index (κ3) is 5.95. The first-order chi connectivity index (χ1) is 24.6. The maximum absolute atomic E-state index is 11.2. The SMILES string of the molecule is Oc1ccc([C@H]2Oc3cc(O)cc([C@@H]4c5cc(/C=C\c6cc(O)cc(O)c6)ccc5O[C@H]4c4ccc(O)cc4)c3[C@@H]2c2cc(O)cc(O)c2)cc1. The third-order valence-electron chi connectivity index (χ3n) is 9.41. The Balaban J connectivity index is 1.32. The van der Waals surface area contributed by atoms with Gasteiger partial charge in [0.25, 0.3) is 0 Å². The van der Waals surface area contributed by atoms with Crippen LogP contribution in [0.5, 0.6) is 51.7 Å². The van der Waals surface area contributed by atoms with Gasteiger partial charge >= 0.3 is 0 Å². The molecule has 0 radical (unpaired) electrons. The number of fused-ring (bicyclic) bond motifs is 2. The number of phenolic OH excluding ortho intramolecular Hbond substituents is 7. The highest BCUT2D eigenvalue weighted by atomic mass is 16.5. The predicted octanol–water partition coefficient (Wildman–Crippen LogP) is 8.33. The molecule has 6 aromatic carbocycles. The number of benzene rings is 6. The van der Waals surface area contributed by atoms with Crippen molar-refractivity contribution < 1.29 is 45.2 Å². The van der Waals surface area contributed by atoms with E-state index in [1.165, 1.54) is 24.3 Å². The van der Waals surface area contributed by atoms with Crippen LogP contribution in [0.25, 0.3) is 12.2 Å². The van der Waals surface area contributed by atoms with Crippen LogP contribution >= 0.6 is 0 Å². The minimum atomic E-state index is -0.663. The van der Waals surface area contributed by atoms with E-state index in [-0.39, 0.29) is 40.2 Å². The molecule has 6 aromatic rings. The van der Waals surface area contributed by atoms with E-state index in [1.54, 1.807) is 78.9 Å². The molecule has 4 atom stereocenters. The Morgan fingerprint density at radius 1 is 0.373 bits per heavy atom. The Bertz CT molecular complexity index is 2270. The minimum Gasteiger partial charge on any atom is -0.508 e. The van der Waals surface area contributed by atoms with Gasteiger partial charge < -0.3 is 45.2 Å². The van der Waals surface area contributed by atoms with Gasteiger partial charge in [-0.25, -0.2) is 0 Å². The van der Waals surface area contributed by atoms with Crippen LogP contribution in [-0.2, 0) is 0 Å². The first-order valence-electron chi connectivity index (χ1n) is 16.3. The van der Waals surface area contributed by atoms with Crippen LogP contribution in [0.2, 0.25) is 0 Å². The van der Waals surface area contributed by atoms with Gasteiger partial charge in [0.1, 0.15) is 64.0 Å². The number of hydrogen-bond donors (Lipinski definition) is 7. The number of rotatable bonds is 6. The second-order valence-electron chi connectivity index (χ2n) is 12.9. The normalized spacial score (nSPS) is 19.0. The quantitative estimate of drug-likeness (QED) is 0.0858. The summed E-state index contributed by atoms with van der Waals surface area (Å²) in [6, 6.07) is 31.1. The molecule has 0 aromatic heterocycles. The molecular weight excluding hydrogens is 648 g/mol. The number of phenols is 7. The maximum atomic E-state index is 11.2. The maximum Gasteiger partial charge on any atom is 0.135 e. The monoisotopic (exact) mass is 680 g/mol. The number of aromatic hydroxyl groups is 7. The summed E-state index contributed by atoms with van der Waals surface area (Å²) >= 11 is 0. The summed E-state index contributed by atoms with van der Waals surface area (Å²) < 4.78 is 13.3. The molecule has 0 unspecified atom stereocenters. The molecule has 0 fully saturated rings. The summed E-state index contributed by atoms with van der Waals surface area (Å²) in [4.78, 5) is 0. The fourth-order valence-corrected chi connectivity index (χ4v) is 7.29. The number of hydrogen-bond acceptors (Lipinski definition) is 9. The van der Waals surface area contributed by atoms with E-state index in [1.807, 2.05) is 24.3 Å². The average molecular weight is 681 g/mol. The van der Waals surface area contributed by atoms with Crippen LogP contribution < -0.4 is 9.47 Å². The van der Waals surface area contributed by atoms with Crippen molar-refractivity contribution in [3.63, 3.8) is 0 Å². The molecule has 51 heavy (non-hydrogen) atoms. The second kappa shape index (κ2) is 12.3. The molecule has 0 spiro atoms. The molecule has 7 N–H and O–H groups in total. The van der Waals surface area contributed by atoms with Gasteiger partial charge in [-0.3, -0.25) is 0 Å². The van der Waals surface area contributed by atoms with Crippen molar-refractivity contribution in [2.24, 2.45) is 0 Å². The molecule has 2 aliphatic heterocycles. The largest absolute Gasteiger partial charge is 0.508 e.